The fourth-order valence-electron chi connectivity index (χ4n) is 1.61. The van der Waals surface area contributed by atoms with Crippen LogP contribution in [0.25, 0.3) is 0 Å². The molecule has 1 aromatic carbocycles. The maximum absolute atomic E-state index is 11.7. The van der Waals surface area contributed by atoms with Crippen LogP contribution < -0.4 is 10.6 Å². The van der Waals surface area contributed by atoms with Crippen LogP contribution in [0, 0.1) is 0 Å². The van der Waals surface area contributed by atoms with Gasteiger partial charge in [-0.1, -0.05) is 34.7 Å². The molecule has 0 fully saturated rings. The van der Waals surface area contributed by atoms with E-state index in [0.717, 1.165) is 22.2 Å². The zero-order valence-electron chi connectivity index (χ0n) is 11.4. The van der Waals surface area contributed by atoms with Crippen molar-refractivity contribution in [1.82, 2.24) is 15.5 Å². The summed E-state index contributed by atoms with van der Waals surface area (Å²) < 4.78 is 0.834. The summed E-state index contributed by atoms with van der Waals surface area (Å²) in [5.74, 6) is -0.00848. The molecular weight excluding hydrogens is 328 g/mol. The lowest BCUT2D eigenvalue weighted by molar-refractivity contribution is -0.116. The van der Waals surface area contributed by atoms with Crippen LogP contribution >= 0.6 is 34.7 Å². The second-order valence-electron chi connectivity index (χ2n) is 4.21. The molecule has 0 aliphatic carbocycles. The maximum atomic E-state index is 11.7. The molecule has 2 rings (SSSR count). The van der Waals surface area contributed by atoms with E-state index >= 15 is 0 Å². The number of hydrogen-bond donors (Lipinski definition) is 2. The van der Waals surface area contributed by atoms with E-state index < -0.39 is 0 Å². The van der Waals surface area contributed by atoms with Gasteiger partial charge in [-0.05, 0) is 38.2 Å². The van der Waals surface area contributed by atoms with Gasteiger partial charge in [0.25, 0.3) is 0 Å². The predicted molar refractivity (Wildman–Crippen MR) is 87.3 cm³/mol. The summed E-state index contributed by atoms with van der Waals surface area (Å²) in [7, 11) is 1.87. The molecule has 0 radical (unpaired) electrons. The van der Waals surface area contributed by atoms with Gasteiger partial charge in [-0.2, -0.15) is 0 Å². The predicted octanol–water partition coefficient (Wildman–Crippen LogP) is 3.28. The summed E-state index contributed by atoms with van der Waals surface area (Å²) in [5.41, 5.74) is 2.38. The summed E-state index contributed by atoms with van der Waals surface area (Å²) >= 11 is 9.15. The van der Waals surface area contributed by atoms with Crippen LogP contribution in [0.15, 0.2) is 32.9 Å². The van der Waals surface area contributed by atoms with Gasteiger partial charge >= 0.3 is 0 Å². The third-order valence-corrected chi connectivity index (χ3v) is 4.86. The highest BCUT2D eigenvalue weighted by molar-refractivity contribution is 8.01. The van der Waals surface area contributed by atoms with E-state index in [9.17, 15) is 4.79 Å². The topological polar surface area (TPSA) is 66.9 Å². The van der Waals surface area contributed by atoms with Gasteiger partial charge in [0.2, 0.25) is 5.91 Å². The first-order chi connectivity index (χ1) is 10.2. The summed E-state index contributed by atoms with van der Waals surface area (Å²) in [6.45, 7) is 0.825. The molecule has 1 aromatic heterocycles. The van der Waals surface area contributed by atoms with E-state index in [1.165, 1.54) is 23.1 Å². The number of anilines is 1. The van der Waals surface area contributed by atoms with Crippen molar-refractivity contribution in [2.45, 2.75) is 22.1 Å². The zero-order chi connectivity index (χ0) is 15.1. The van der Waals surface area contributed by atoms with Crippen LogP contribution in [0.5, 0.6) is 0 Å². The van der Waals surface area contributed by atoms with Gasteiger partial charge in [-0.25, -0.2) is 0 Å². The van der Waals surface area contributed by atoms with Crippen LogP contribution in [-0.2, 0) is 4.79 Å². The lowest BCUT2D eigenvalue weighted by atomic mass is 10.2. The molecular formula is C13H15ClN4OS2. The molecule has 0 bridgehead atoms. The Hall–Kier alpha value is -1.15. The molecule has 112 valence electrons. The summed E-state index contributed by atoms with van der Waals surface area (Å²) in [4.78, 5) is 12.6. The first kappa shape index (κ1) is 16.2. The van der Waals surface area contributed by atoms with E-state index in [0.29, 0.717) is 17.1 Å². The normalized spacial score (nSPS) is 10.6. The molecule has 1 amide bonds. The number of hydrogen-bond acceptors (Lipinski definition) is 6. The van der Waals surface area contributed by atoms with Crippen LogP contribution in [0.1, 0.15) is 12.8 Å². The second-order valence-corrected chi connectivity index (χ2v) is 6.74. The van der Waals surface area contributed by atoms with E-state index in [4.69, 9.17) is 11.6 Å². The van der Waals surface area contributed by atoms with Crippen LogP contribution in [0.2, 0.25) is 5.02 Å². The van der Waals surface area contributed by atoms with Gasteiger partial charge in [0, 0.05) is 17.0 Å². The molecule has 5 nitrogen and oxygen atoms in total. The number of amides is 1. The third kappa shape index (κ3) is 5.28. The number of carbonyl (C=O) groups is 1. The Bertz CT molecular complexity index is 592. The van der Waals surface area contributed by atoms with Crippen molar-refractivity contribution in [2.24, 2.45) is 0 Å². The molecule has 0 aliphatic heterocycles. The molecule has 0 spiro atoms. The molecule has 8 heteroatoms. The van der Waals surface area contributed by atoms with E-state index in [1.54, 1.807) is 11.6 Å². The average Bonchev–Trinajstić information content (AvgIpc) is 2.95. The number of nitrogens with zero attached hydrogens (tertiary/aromatic N) is 2. The van der Waals surface area contributed by atoms with Crippen molar-refractivity contribution in [3.63, 3.8) is 0 Å². The molecule has 0 unspecified atom stereocenters. The zero-order valence-corrected chi connectivity index (χ0v) is 13.8. The highest BCUT2D eigenvalue weighted by Crippen LogP contribution is 2.35. The van der Waals surface area contributed by atoms with Crippen molar-refractivity contribution in [2.75, 3.05) is 18.9 Å². The standard InChI is InChI=1S/C13H15ClN4OS2/c1-15-6-2-3-12(19)17-9-4-5-11(10(14)7-9)21-13-18-16-8-20-13/h4-5,7-8,15H,2-3,6H2,1H3,(H,17,19). The largest absolute Gasteiger partial charge is 0.326 e. The third-order valence-electron chi connectivity index (χ3n) is 2.58. The summed E-state index contributed by atoms with van der Waals surface area (Å²) in [6, 6.07) is 5.46. The lowest BCUT2D eigenvalue weighted by Crippen LogP contribution is -2.15. The minimum Gasteiger partial charge on any atom is -0.326 e. The maximum Gasteiger partial charge on any atom is 0.224 e. The number of rotatable bonds is 7. The highest BCUT2D eigenvalue weighted by Gasteiger charge is 2.08. The quantitative estimate of drug-likeness (QED) is 0.756. The number of aromatic nitrogens is 2. The first-order valence-electron chi connectivity index (χ1n) is 6.37. The van der Waals surface area contributed by atoms with Gasteiger partial charge in [0.1, 0.15) is 5.51 Å². The van der Waals surface area contributed by atoms with Gasteiger partial charge in [-0.3, -0.25) is 4.79 Å². The van der Waals surface area contributed by atoms with Gasteiger partial charge in [-0.15, -0.1) is 10.2 Å². The highest BCUT2D eigenvalue weighted by atomic mass is 35.5. The fourth-order valence-corrected chi connectivity index (χ4v) is 3.35. The Morgan fingerprint density at radius 3 is 3.00 bits per heavy atom. The molecule has 2 N–H and O–H groups in total. The Kier molecular flexibility index (Phi) is 6.44. The minimum atomic E-state index is -0.00848. The van der Waals surface area contributed by atoms with Crippen LogP contribution in [-0.4, -0.2) is 29.7 Å². The van der Waals surface area contributed by atoms with E-state index in [2.05, 4.69) is 20.8 Å². The molecule has 21 heavy (non-hydrogen) atoms. The van der Waals surface area contributed by atoms with Crippen LogP contribution in [0.3, 0.4) is 0 Å². The van der Waals surface area contributed by atoms with Crippen molar-refractivity contribution in [1.29, 1.82) is 0 Å². The molecule has 0 aliphatic rings. The number of halogens is 1. The molecule has 0 saturated carbocycles. The minimum absolute atomic E-state index is 0.00848. The van der Waals surface area contributed by atoms with Crippen molar-refractivity contribution in [3.05, 3.63) is 28.7 Å². The van der Waals surface area contributed by atoms with Gasteiger partial charge in [0.15, 0.2) is 4.34 Å². The monoisotopic (exact) mass is 342 g/mol. The number of benzene rings is 1. The summed E-state index contributed by atoms with van der Waals surface area (Å²) in [6.07, 6.45) is 1.29. The lowest BCUT2D eigenvalue weighted by Gasteiger charge is -2.07. The van der Waals surface area contributed by atoms with Crippen molar-refractivity contribution < 1.29 is 4.79 Å². The molecule has 0 atom stereocenters. The van der Waals surface area contributed by atoms with Gasteiger partial charge < -0.3 is 10.6 Å². The van der Waals surface area contributed by atoms with Crippen molar-refractivity contribution in [3.8, 4) is 0 Å². The molecule has 2 aromatic rings. The average molecular weight is 343 g/mol. The van der Waals surface area contributed by atoms with Crippen molar-refractivity contribution >= 4 is 46.3 Å². The number of nitrogens with one attached hydrogen (secondary N) is 2. The first-order valence-corrected chi connectivity index (χ1v) is 8.44. The number of carbonyl (C=O) groups excluding carboxylic acids is 1. The Labute approximate surface area is 136 Å². The summed E-state index contributed by atoms with van der Waals surface area (Å²) in [5, 5.41) is 14.2. The smallest absolute Gasteiger partial charge is 0.224 e. The van der Waals surface area contributed by atoms with Gasteiger partial charge in [0.05, 0.1) is 5.02 Å². The fraction of sp³-hybridized carbons (Fsp3) is 0.308. The Balaban J connectivity index is 1.93. The Morgan fingerprint density at radius 2 is 2.33 bits per heavy atom. The van der Waals surface area contributed by atoms with Crippen LogP contribution in [0.4, 0.5) is 5.69 Å². The Morgan fingerprint density at radius 1 is 1.48 bits per heavy atom. The van der Waals surface area contributed by atoms with E-state index in [-0.39, 0.29) is 5.91 Å². The SMILES string of the molecule is CNCCCC(=O)Nc1ccc(Sc2nncs2)c(Cl)c1. The van der Waals surface area contributed by atoms with E-state index in [1.807, 2.05) is 19.2 Å². The second kappa shape index (κ2) is 8.33. The molecule has 0 saturated heterocycles. The molecule has 1 heterocycles.